The fourth-order valence-corrected chi connectivity index (χ4v) is 2.50. The van der Waals surface area contributed by atoms with E-state index in [-0.39, 0.29) is 12.1 Å². The zero-order valence-electron chi connectivity index (χ0n) is 10.4. The summed E-state index contributed by atoms with van der Waals surface area (Å²) in [5.41, 5.74) is 8.75. The van der Waals surface area contributed by atoms with Crippen molar-refractivity contribution in [2.24, 2.45) is 0 Å². The van der Waals surface area contributed by atoms with Gasteiger partial charge in [-0.15, -0.1) is 0 Å². The van der Waals surface area contributed by atoms with E-state index < -0.39 is 0 Å². The van der Waals surface area contributed by atoms with Crippen LogP contribution in [0.25, 0.3) is 0 Å². The van der Waals surface area contributed by atoms with Crippen molar-refractivity contribution >= 4 is 11.4 Å². The first-order chi connectivity index (χ1) is 8.16. The summed E-state index contributed by atoms with van der Waals surface area (Å²) in [6, 6.07) is 6.05. The molecule has 4 N–H and O–H groups in total. The second-order valence-electron chi connectivity index (χ2n) is 5.03. The molecule has 17 heavy (non-hydrogen) atoms. The number of benzene rings is 1. The molecular formula is C14H22N2O. The van der Waals surface area contributed by atoms with E-state index in [1.165, 1.54) is 12.8 Å². The zero-order chi connectivity index (χ0) is 12.3. The number of nitrogens with two attached hydrogens (primary N) is 1. The topological polar surface area (TPSA) is 58.3 Å². The number of anilines is 2. The van der Waals surface area contributed by atoms with Crippen LogP contribution in [0.15, 0.2) is 18.2 Å². The van der Waals surface area contributed by atoms with Gasteiger partial charge in [0.15, 0.2) is 0 Å². The summed E-state index contributed by atoms with van der Waals surface area (Å²) in [6.07, 6.45) is 5.30. The molecule has 1 aliphatic carbocycles. The summed E-state index contributed by atoms with van der Waals surface area (Å²) < 4.78 is 0. The summed E-state index contributed by atoms with van der Waals surface area (Å²) >= 11 is 0. The molecule has 0 aliphatic heterocycles. The van der Waals surface area contributed by atoms with Crippen molar-refractivity contribution < 1.29 is 5.11 Å². The first-order valence-corrected chi connectivity index (χ1v) is 6.47. The van der Waals surface area contributed by atoms with Crippen molar-refractivity contribution in [1.82, 2.24) is 0 Å². The lowest BCUT2D eigenvalue weighted by molar-refractivity contribution is 0.144. The maximum Gasteiger partial charge on any atom is 0.0741 e. The van der Waals surface area contributed by atoms with Crippen LogP contribution < -0.4 is 11.1 Å². The minimum absolute atomic E-state index is 0.180. The summed E-state index contributed by atoms with van der Waals surface area (Å²) in [6.45, 7) is 2.04. The Morgan fingerprint density at radius 2 is 2.00 bits per heavy atom. The predicted octanol–water partition coefficient (Wildman–Crippen LogP) is 2.68. The van der Waals surface area contributed by atoms with Gasteiger partial charge in [-0.1, -0.05) is 19.3 Å². The fraction of sp³-hybridized carbons (Fsp3) is 0.571. The van der Waals surface area contributed by atoms with Gasteiger partial charge in [0.05, 0.1) is 12.1 Å². The number of nitrogen functional groups attached to an aromatic ring is 1. The Morgan fingerprint density at radius 1 is 1.24 bits per heavy atom. The molecule has 1 fully saturated rings. The highest BCUT2D eigenvalue weighted by Crippen LogP contribution is 2.24. The Hall–Kier alpha value is -1.22. The molecule has 2 rings (SSSR count). The van der Waals surface area contributed by atoms with Crippen LogP contribution in [0.4, 0.5) is 11.4 Å². The first kappa shape index (κ1) is 12.2. The molecule has 1 aromatic rings. The fourth-order valence-electron chi connectivity index (χ4n) is 2.50. The molecule has 0 radical (unpaired) electrons. The average Bonchev–Trinajstić information content (AvgIpc) is 2.48. The zero-order valence-corrected chi connectivity index (χ0v) is 10.4. The van der Waals surface area contributed by atoms with E-state index in [0.717, 1.165) is 36.2 Å². The molecule has 2 unspecified atom stereocenters. The van der Waals surface area contributed by atoms with Gasteiger partial charge < -0.3 is 16.2 Å². The van der Waals surface area contributed by atoms with E-state index in [9.17, 15) is 5.11 Å². The second-order valence-corrected chi connectivity index (χ2v) is 5.03. The molecule has 0 spiro atoms. The summed E-state index contributed by atoms with van der Waals surface area (Å²) in [5.74, 6) is 0. The number of aryl methyl sites for hydroxylation is 1. The van der Waals surface area contributed by atoms with Crippen LogP contribution >= 0.6 is 0 Å². The Balaban J connectivity index is 2.08. The van der Waals surface area contributed by atoms with Crippen molar-refractivity contribution in [3.63, 3.8) is 0 Å². The molecule has 3 nitrogen and oxygen atoms in total. The summed E-state index contributed by atoms with van der Waals surface area (Å²) in [7, 11) is 0. The highest BCUT2D eigenvalue weighted by molar-refractivity contribution is 5.58. The van der Waals surface area contributed by atoms with E-state index in [2.05, 4.69) is 5.32 Å². The standard InChI is InChI=1S/C14H22N2O/c1-10-9-11(15)7-8-12(10)16-13-5-3-2-4-6-14(13)17/h7-9,13-14,16-17H,2-6,15H2,1H3. The lowest BCUT2D eigenvalue weighted by Crippen LogP contribution is -2.32. The SMILES string of the molecule is Cc1cc(N)ccc1NC1CCCCCC1O. The van der Waals surface area contributed by atoms with Crippen molar-refractivity contribution in [3.05, 3.63) is 23.8 Å². The minimum Gasteiger partial charge on any atom is -0.399 e. The molecule has 1 saturated carbocycles. The average molecular weight is 234 g/mol. The van der Waals surface area contributed by atoms with Crippen LogP contribution in [0.3, 0.4) is 0 Å². The summed E-state index contributed by atoms with van der Waals surface area (Å²) in [4.78, 5) is 0. The van der Waals surface area contributed by atoms with Crippen LogP contribution in [0, 0.1) is 6.92 Å². The van der Waals surface area contributed by atoms with E-state index in [4.69, 9.17) is 5.73 Å². The van der Waals surface area contributed by atoms with Crippen LogP contribution in [0.5, 0.6) is 0 Å². The van der Waals surface area contributed by atoms with Crippen LogP contribution in [-0.2, 0) is 0 Å². The summed E-state index contributed by atoms with van der Waals surface area (Å²) in [5, 5.41) is 13.5. The molecule has 1 aromatic carbocycles. The maximum absolute atomic E-state index is 10.1. The predicted molar refractivity (Wildman–Crippen MR) is 72.1 cm³/mol. The molecule has 3 heteroatoms. The quantitative estimate of drug-likeness (QED) is 0.544. The van der Waals surface area contributed by atoms with E-state index in [1.807, 2.05) is 25.1 Å². The molecule has 1 aliphatic rings. The van der Waals surface area contributed by atoms with Gasteiger partial charge >= 0.3 is 0 Å². The van der Waals surface area contributed by atoms with Gasteiger partial charge in [-0.3, -0.25) is 0 Å². The van der Waals surface area contributed by atoms with E-state index in [0.29, 0.717) is 0 Å². The van der Waals surface area contributed by atoms with Crippen molar-refractivity contribution in [2.75, 3.05) is 11.1 Å². The Morgan fingerprint density at radius 3 is 2.76 bits per heavy atom. The third-order valence-corrected chi connectivity index (χ3v) is 3.57. The first-order valence-electron chi connectivity index (χ1n) is 6.47. The monoisotopic (exact) mass is 234 g/mol. The largest absolute Gasteiger partial charge is 0.399 e. The normalized spacial score (nSPS) is 25.3. The van der Waals surface area contributed by atoms with E-state index >= 15 is 0 Å². The van der Waals surface area contributed by atoms with Gasteiger partial charge in [0.25, 0.3) is 0 Å². The lowest BCUT2D eigenvalue weighted by atomic mass is 10.0. The number of nitrogens with one attached hydrogen (secondary N) is 1. The lowest BCUT2D eigenvalue weighted by Gasteiger charge is -2.24. The van der Waals surface area contributed by atoms with Crippen LogP contribution in [-0.4, -0.2) is 17.3 Å². The van der Waals surface area contributed by atoms with Gasteiger partial charge in [-0.25, -0.2) is 0 Å². The van der Waals surface area contributed by atoms with Gasteiger partial charge in [-0.05, 0) is 43.5 Å². The maximum atomic E-state index is 10.1. The smallest absolute Gasteiger partial charge is 0.0741 e. The van der Waals surface area contributed by atoms with E-state index in [1.54, 1.807) is 0 Å². The molecule has 0 amide bonds. The molecule has 0 bridgehead atoms. The third-order valence-electron chi connectivity index (χ3n) is 3.57. The third kappa shape index (κ3) is 3.13. The van der Waals surface area contributed by atoms with Crippen molar-refractivity contribution in [2.45, 2.75) is 51.2 Å². The van der Waals surface area contributed by atoms with Crippen LogP contribution in [0.1, 0.15) is 37.7 Å². The Bertz CT molecular complexity index is 378. The molecule has 0 saturated heterocycles. The van der Waals surface area contributed by atoms with Gasteiger partial charge in [0.1, 0.15) is 0 Å². The molecule has 0 heterocycles. The molecule has 2 atom stereocenters. The number of hydrogen-bond donors (Lipinski definition) is 3. The van der Waals surface area contributed by atoms with Crippen LogP contribution in [0.2, 0.25) is 0 Å². The second kappa shape index (κ2) is 5.41. The number of hydrogen-bond acceptors (Lipinski definition) is 3. The number of aliphatic hydroxyl groups excluding tert-OH is 1. The van der Waals surface area contributed by atoms with Crippen molar-refractivity contribution in [3.8, 4) is 0 Å². The molecule has 0 aromatic heterocycles. The van der Waals surface area contributed by atoms with Gasteiger partial charge in [-0.2, -0.15) is 0 Å². The minimum atomic E-state index is -0.227. The van der Waals surface area contributed by atoms with Gasteiger partial charge in [0, 0.05) is 11.4 Å². The highest BCUT2D eigenvalue weighted by Gasteiger charge is 2.21. The highest BCUT2D eigenvalue weighted by atomic mass is 16.3. The Labute approximate surface area is 103 Å². The number of rotatable bonds is 2. The Kier molecular flexibility index (Phi) is 3.89. The number of aliphatic hydroxyl groups is 1. The molecular weight excluding hydrogens is 212 g/mol. The van der Waals surface area contributed by atoms with Gasteiger partial charge in [0.2, 0.25) is 0 Å². The molecule has 94 valence electrons. The van der Waals surface area contributed by atoms with Crippen molar-refractivity contribution in [1.29, 1.82) is 0 Å².